The molecule has 0 spiro atoms. The first-order valence-corrected chi connectivity index (χ1v) is 7.82. The van der Waals surface area contributed by atoms with Gasteiger partial charge in [0.25, 0.3) is 0 Å². The normalized spacial score (nSPS) is 17.5. The summed E-state index contributed by atoms with van der Waals surface area (Å²) in [7, 11) is 1.70. The maximum atomic E-state index is 5.63. The Kier molecular flexibility index (Phi) is 4.24. The van der Waals surface area contributed by atoms with Crippen molar-refractivity contribution in [3.63, 3.8) is 0 Å². The van der Waals surface area contributed by atoms with E-state index in [1.54, 1.807) is 19.6 Å². The van der Waals surface area contributed by atoms with Crippen molar-refractivity contribution < 1.29 is 9.15 Å². The van der Waals surface area contributed by atoms with Crippen LogP contribution in [-0.2, 0) is 0 Å². The smallest absolute Gasteiger partial charge is 0.221 e. The fraction of sp³-hybridized carbons (Fsp3) is 0.316. The molecule has 0 N–H and O–H groups in total. The van der Waals surface area contributed by atoms with Crippen molar-refractivity contribution in [1.82, 2.24) is 9.88 Å². The number of aryl methyl sites for hydroxylation is 1. The van der Waals surface area contributed by atoms with Gasteiger partial charge < -0.3 is 14.1 Å². The highest BCUT2D eigenvalue weighted by molar-refractivity contribution is 5.73. The van der Waals surface area contributed by atoms with E-state index in [0.29, 0.717) is 11.9 Å². The average molecular weight is 310 g/mol. The number of hydrogen-bond donors (Lipinski definition) is 0. The fourth-order valence-corrected chi connectivity index (χ4v) is 3.00. The van der Waals surface area contributed by atoms with Crippen molar-refractivity contribution in [2.45, 2.75) is 32.9 Å². The van der Waals surface area contributed by atoms with Gasteiger partial charge in [-0.15, -0.1) is 0 Å². The second-order valence-corrected chi connectivity index (χ2v) is 5.96. The monoisotopic (exact) mass is 310 g/mol. The van der Waals surface area contributed by atoms with Crippen LogP contribution in [0.1, 0.15) is 36.9 Å². The SMILES string of the molecule is COc1ccc(C2=CC=CN(C(C)C)C2c2ncco2)cc1C. The summed E-state index contributed by atoms with van der Waals surface area (Å²) in [5.41, 5.74) is 3.44. The third kappa shape index (κ3) is 2.89. The van der Waals surface area contributed by atoms with Gasteiger partial charge in [-0.25, -0.2) is 4.98 Å². The van der Waals surface area contributed by atoms with Crippen LogP contribution in [0.2, 0.25) is 0 Å². The number of rotatable bonds is 4. The molecule has 0 aliphatic carbocycles. The lowest BCUT2D eigenvalue weighted by atomic mass is 9.92. The van der Waals surface area contributed by atoms with E-state index < -0.39 is 0 Å². The lowest BCUT2D eigenvalue weighted by Gasteiger charge is -2.36. The first-order valence-electron chi connectivity index (χ1n) is 7.82. The molecule has 1 atom stereocenters. The first kappa shape index (κ1) is 15.4. The van der Waals surface area contributed by atoms with Crippen LogP contribution in [0.25, 0.3) is 5.57 Å². The topological polar surface area (TPSA) is 38.5 Å². The molecule has 23 heavy (non-hydrogen) atoms. The van der Waals surface area contributed by atoms with Gasteiger partial charge in [0.1, 0.15) is 18.1 Å². The summed E-state index contributed by atoms with van der Waals surface area (Å²) in [6.45, 7) is 6.40. The van der Waals surface area contributed by atoms with Crippen molar-refractivity contribution in [2.24, 2.45) is 0 Å². The summed E-state index contributed by atoms with van der Waals surface area (Å²) in [6, 6.07) is 6.56. The molecule has 0 amide bonds. The van der Waals surface area contributed by atoms with E-state index in [1.807, 2.05) is 6.07 Å². The predicted octanol–water partition coefficient (Wildman–Crippen LogP) is 4.35. The number of benzene rings is 1. The van der Waals surface area contributed by atoms with Crippen molar-refractivity contribution in [1.29, 1.82) is 0 Å². The van der Waals surface area contributed by atoms with Gasteiger partial charge in [-0.05, 0) is 55.7 Å². The van der Waals surface area contributed by atoms with Gasteiger partial charge in [0, 0.05) is 12.2 Å². The molecule has 0 bridgehead atoms. The summed E-state index contributed by atoms with van der Waals surface area (Å²) >= 11 is 0. The Morgan fingerprint density at radius 1 is 1.30 bits per heavy atom. The Bertz CT molecular complexity index is 730. The molecule has 0 radical (unpaired) electrons. The zero-order valence-electron chi connectivity index (χ0n) is 14.0. The first-order chi connectivity index (χ1) is 11.1. The summed E-state index contributed by atoms with van der Waals surface area (Å²) < 4.78 is 11.0. The van der Waals surface area contributed by atoms with Gasteiger partial charge in [-0.1, -0.05) is 12.1 Å². The molecule has 4 nitrogen and oxygen atoms in total. The fourth-order valence-electron chi connectivity index (χ4n) is 3.00. The molecule has 0 saturated heterocycles. The molecule has 1 unspecified atom stereocenters. The molecule has 1 aliphatic rings. The maximum Gasteiger partial charge on any atom is 0.221 e. The average Bonchev–Trinajstić information content (AvgIpc) is 3.08. The van der Waals surface area contributed by atoms with Crippen molar-refractivity contribution in [3.8, 4) is 5.75 Å². The molecule has 3 rings (SSSR count). The van der Waals surface area contributed by atoms with Gasteiger partial charge in [-0.3, -0.25) is 0 Å². The zero-order valence-corrected chi connectivity index (χ0v) is 14.0. The van der Waals surface area contributed by atoms with Crippen LogP contribution in [0.5, 0.6) is 5.75 Å². The lowest BCUT2D eigenvalue weighted by molar-refractivity contribution is 0.238. The number of nitrogens with zero attached hydrogens (tertiary/aromatic N) is 2. The van der Waals surface area contributed by atoms with E-state index in [1.165, 1.54) is 5.57 Å². The molecule has 1 aromatic heterocycles. The van der Waals surface area contributed by atoms with Crippen LogP contribution >= 0.6 is 0 Å². The molecule has 4 heteroatoms. The van der Waals surface area contributed by atoms with Gasteiger partial charge in [0.15, 0.2) is 0 Å². The van der Waals surface area contributed by atoms with Crippen LogP contribution in [0.15, 0.2) is 53.4 Å². The van der Waals surface area contributed by atoms with Crippen molar-refractivity contribution in [3.05, 3.63) is 66.0 Å². The molecule has 0 saturated carbocycles. The summed E-state index contributed by atoms with van der Waals surface area (Å²) in [4.78, 5) is 6.66. The Morgan fingerprint density at radius 2 is 2.13 bits per heavy atom. The number of hydrogen-bond acceptors (Lipinski definition) is 4. The Hall–Kier alpha value is -2.49. The highest BCUT2D eigenvalue weighted by atomic mass is 16.5. The number of allylic oxidation sites excluding steroid dienone is 2. The molecular weight excluding hydrogens is 288 g/mol. The molecule has 0 fully saturated rings. The van der Waals surface area contributed by atoms with Crippen LogP contribution in [0, 0.1) is 6.92 Å². The van der Waals surface area contributed by atoms with E-state index in [0.717, 1.165) is 16.9 Å². The Labute approximate surface area is 137 Å². The minimum absolute atomic E-state index is 0.0252. The minimum Gasteiger partial charge on any atom is -0.496 e. The standard InChI is InChI=1S/C19H22N2O2/c1-13(2)21-10-5-6-16(18(21)19-20-9-11-23-19)15-7-8-17(22-4)14(3)12-15/h5-13,18H,1-4H3. The van der Waals surface area contributed by atoms with Crippen molar-refractivity contribution in [2.75, 3.05) is 7.11 Å². The molecule has 1 aromatic carbocycles. The molecule has 2 heterocycles. The molecular formula is C19H22N2O2. The third-order valence-electron chi connectivity index (χ3n) is 4.14. The van der Waals surface area contributed by atoms with Crippen molar-refractivity contribution >= 4 is 5.57 Å². The number of oxazole rings is 1. The number of aromatic nitrogens is 1. The van der Waals surface area contributed by atoms with E-state index >= 15 is 0 Å². The highest BCUT2D eigenvalue weighted by Gasteiger charge is 2.30. The second-order valence-electron chi connectivity index (χ2n) is 5.96. The summed E-state index contributed by atoms with van der Waals surface area (Å²) in [5.74, 6) is 1.61. The quantitative estimate of drug-likeness (QED) is 0.841. The van der Waals surface area contributed by atoms with E-state index in [-0.39, 0.29) is 6.04 Å². The Balaban J connectivity index is 2.06. The van der Waals surface area contributed by atoms with Gasteiger partial charge in [0.2, 0.25) is 5.89 Å². The lowest BCUT2D eigenvalue weighted by Crippen LogP contribution is -2.32. The minimum atomic E-state index is -0.0252. The van der Waals surface area contributed by atoms with E-state index in [2.05, 4.69) is 61.1 Å². The number of methoxy groups -OCH3 is 1. The van der Waals surface area contributed by atoms with Crippen LogP contribution in [0.3, 0.4) is 0 Å². The highest BCUT2D eigenvalue weighted by Crippen LogP contribution is 2.39. The van der Waals surface area contributed by atoms with Gasteiger partial charge in [0.05, 0.1) is 13.3 Å². The zero-order chi connectivity index (χ0) is 16.4. The van der Waals surface area contributed by atoms with E-state index in [9.17, 15) is 0 Å². The predicted molar refractivity (Wildman–Crippen MR) is 91.1 cm³/mol. The van der Waals surface area contributed by atoms with Gasteiger partial charge in [-0.2, -0.15) is 0 Å². The third-order valence-corrected chi connectivity index (χ3v) is 4.14. The van der Waals surface area contributed by atoms with Gasteiger partial charge >= 0.3 is 0 Å². The van der Waals surface area contributed by atoms with Crippen LogP contribution < -0.4 is 4.74 Å². The van der Waals surface area contributed by atoms with Crippen LogP contribution in [0.4, 0.5) is 0 Å². The largest absolute Gasteiger partial charge is 0.496 e. The molecule has 120 valence electrons. The van der Waals surface area contributed by atoms with E-state index in [4.69, 9.17) is 9.15 Å². The maximum absolute atomic E-state index is 5.63. The molecule has 1 aliphatic heterocycles. The number of ether oxygens (including phenoxy) is 1. The second kappa shape index (κ2) is 6.32. The molecule has 2 aromatic rings. The summed E-state index contributed by atoms with van der Waals surface area (Å²) in [6.07, 6.45) is 9.63. The van der Waals surface area contributed by atoms with Crippen LogP contribution in [-0.4, -0.2) is 23.0 Å². The summed E-state index contributed by atoms with van der Waals surface area (Å²) in [5, 5.41) is 0. The Morgan fingerprint density at radius 3 is 2.74 bits per heavy atom.